The standard InChI is InChI=1S/C23H22ClNO4/c1-13-11-14(2)21(15(3)12-13)25-22(26)16(4)28-23(27)20-10-9-19(29-20)17-7-5-6-8-18(17)24/h5-12,16H,1-4H3,(H,25,26). The molecule has 2 aromatic carbocycles. The molecule has 1 atom stereocenters. The van der Waals surface area contributed by atoms with Gasteiger partial charge in [0.2, 0.25) is 5.76 Å². The van der Waals surface area contributed by atoms with Gasteiger partial charge in [-0.15, -0.1) is 0 Å². The highest BCUT2D eigenvalue weighted by Crippen LogP contribution is 2.29. The first-order chi connectivity index (χ1) is 13.8. The number of anilines is 1. The molecule has 5 nitrogen and oxygen atoms in total. The number of hydrogen-bond acceptors (Lipinski definition) is 4. The smallest absolute Gasteiger partial charge is 0.375 e. The molecule has 0 aliphatic heterocycles. The van der Waals surface area contributed by atoms with Crippen molar-refractivity contribution in [2.45, 2.75) is 33.8 Å². The van der Waals surface area contributed by atoms with E-state index in [1.807, 2.05) is 45.0 Å². The monoisotopic (exact) mass is 411 g/mol. The number of ether oxygens (including phenoxy) is 1. The zero-order chi connectivity index (χ0) is 21.1. The minimum atomic E-state index is -0.989. The third-order valence-corrected chi connectivity index (χ3v) is 4.85. The van der Waals surface area contributed by atoms with Crippen LogP contribution in [0.3, 0.4) is 0 Å². The van der Waals surface area contributed by atoms with E-state index in [9.17, 15) is 9.59 Å². The number of aryl methyl sites for hydroxylation is 3. The van der Waals surface area contributed by atoms with Gasteiger partial charge >= 0.3 is 5.97 Å². The van der Waals surface area contributed by atoms with Crippen LogP contribution in [0, 0.1) is 20.8 Å². The number of rotatable bonds is 5. The van der Waals surface area contributed by atoms with Gasteiger partial charge in [0.05, 0.1) is 5.02 Å². The molecule has 1 N–H and O–H groups in total. The molecule has 6 heteroatoms. The third kappa shape index (κ3) is 4.69. The first-order valence-electron chi connectivity index (χ1n) is 9.20. The van der Waals surface area contributed by atoms with Crippen molar-refractivity contribution in [3.05, 3.63) is 76.0 Å². The van der Waals surface area contributed by atoms with Gasteiger partial charge in [0.25, 0.3) is 5.91 Å². The maximum absolute atomic E-state index is 12.5. The summed E-state index contributed by atoms with van der Waals surface area (Å²) in [5, 5.41) is 3.35. The number of carbonyl (C=O) groups excluding carboxylic acids is 2. The summed E-state index contributed by atoms with van der Waals surface area (Å²) in [6.45, 7) is 7.36. The number of esters is 1. The summed E-state index contributed by atoms with van der Waals surface area (Å²) >= 11 is 6.16. The van der Waals surface area contributed by atoms with Gasteiger partial charge in [0, 0.05) is 11.3 Å². The molecule has 29 heavy (non-hydrogen) atoms. The zero-order valence-corrected chi connectivity index (χ0v) is 17.5. The molecule has 0 fully saturated rings. The fraction of sp³-hybridized carbons (Fsp3) is 0.217. The average Bonchev–Trinajstić information content (AvgIpc) is 3.14. The van der Waals surface area contributed by atoms with Crippen LogP contribution >= 0.6 is 11.6 Å². The molecule has 1 aromatic heterocycles. The van der Waals surface area contributed by atoms with Crippen LogP contribution in [0.5, 0.6) is 0 Å². The van der Waals surface area contributed by atoms with Crippen LogP contribution in [0.25, 0.3) is 11.3 Å². The van der Waals surface area contributed by atoms with Gasteiger partial charge in [0.1, 0.15) is 5.76 Å². The molecular weight excluding hydrogens is 390 g/mol. The number of carbonyl (C=O) groups is 2. The highest BCUT2D eigenvalue weighted by atomic mass is 35.5. The molecule has 0 spiro atoms. The second-order valence-electron chi connectivity index (χ2n) is 6.95. The summed E-state index contributed by atoms with van der Waals surface area (Å²) < 4.78 is 10.8. The summed E-state index contributed by atoms with van der Waals surface area (Å²) in [4.78, 5) is 24.9. The summed E-state index contributed by atoms with van der Waals surface area (Å²) in [6.07, 6.45) is -0.989. The summed E-state index contributed by atoms with van der Waals surface area (Å²) in [7, 11) is 0. The van der Waals surface area contributed by atoms with Gasteiger partial charge in [-0.25, -0.2) is 4.79 Å². The zero-order valence-electron chi connectivity index (χ0n) is 16.7. The van der Waals surface area contributed by atoms with Gasteiger partial charge in [0.15, 0.2) is 6.10 Å². The lowest BCUT2D eigenvalue weighted by Crippen LogP contribution is -2.30. The van der Waals surface area contributed by atoms with E-state index in [1.54, 1.807) is 18.2 Å². The van der Waals surface area contributed by atoms with Crippen molar-refractivity contribution >= 4 is 29.2 Å². The Morgan fingerprint density at radius 2 is 1.69 bits per heavy atom. The molecule has 0 aliphatic carbocycles. The van der Waals surface area contributed by atoms with Gasteiger partial charge in [-0.3, -0.25) is 4.79 Å². The molecule has 1 amide bonds. The molecule has 0 radical (unpaired) electrons. The molecule has 1 heterocycles. The van der Waals surface area contributed by atoms with Crippen LogP contribution < -0.4 is 5.32 Å². The van der Waals surface area contributed by atoms with E-state index < -0.39 is 18.0 Å². The second kappa shape index (κ2) is 8.53. The Morgan fingerprint density at radius 3 is 2.34 bits per heavy atom. The van der Waals surface area contributed by atoms with Gasteiger partial charge in [-0.2, -0.15) is 0 Å². The largest absolute Gasteiger partial charge is 0.449 e. The minimum absolute atomic E-state index is 0.00210. The lowest BCUT2D eigenvalue weighted by molar-refractivity contribution is -0.123. The van der Waals surface area contributed by atoms with Crippen molar-refractivity contribution < 1.29 is 18.7 Å². The van der Waals surface area contributed by atoms with Crippen LogP contribution in [0.15, 0.2) is 52.9 Å². The first kappa shape index (κ1) is 20.7. The minimum Gasteiger partial charge on any atom is -0.449 e. The second-order valence-corrected chi connectivity index (χ2v) is 7.36. The van der Waals surface area contributed by atoms with E-state index >= 15 is 0 Å². The molecule has 1 unspecified atom stereocenters. The Hall–Kier alpha value is -3.05. The van der Waals surface area contributed by atoms with Crippen molar-refractivity contribution in [1.29, 1.82) is 0 Å². The molecular formula is C23H22ClNO4. The van der Waals surface area contributed by atoms with E-state index in [1.165, 1.54) is 13.0 Å². The van der Waals surface area contributed by atoms with E-state index in [0.717, 1.165) is 22.4 Å². The molecule has 0 aliphatic rings. The Morgan fingerprint density at radius 1 is 1.03 bits per heavy atom. The normalized spacial score (nSPS) is 11.8. The molecule has 3 aromatic rings. The van der Waals surface area contributed by atoms with Gasteiger partial charge in [-0.1, -0.05) is 41.4 Å². The highest BCUT2D eigenvalue weighted by Gasteiger charge is 2.22. The summed E-state index contributed by atoms with van der Waals surface area (Å²) in [5.74, 6) is -0.678. The topological polar surface area (TPSA) is 68.5 Å². The third-order valence-electron chi connectivity index (χ3n) is 4.52. The van der Waals surface area contributed by atoms with E-state index in [0.29, 0.717) is 16.3 Å². The average molecular weight is 412 g/mol. The van der Waals surface area contributed by atoms with Crippen molar-refractivity contribution in [2.75, 3.05) is 5.32 Å². The molecule has 150 valence electrons. The van der Waals surface area contributed by atoms with Crippen LogP contribution in [0.2, 0.25) is 5.02 Å². The van der Waals surface area contributed by atoms with Crippen molar-refractivity contribution in [3.63, 3.8) is 0 Å². The fourth-order valence-electron chi connectivity index (χ4n) is 3.13. The molecule has 3 rings (SSSR count). The lowest BCUT2D eigenvalue weighted by Gasteiger charge is -2.16. The van der Waals surface area contributed by atoms with Crippen LogP contribution in [-0.2, 0) is 9.53 Å². The quantitative estimate of drug-likeness (QED) is 0.546. The summed E-state index contributed by atoms with van der Waals surface area (Å²) in [5.41, 5.74) is 4.41. The molecule has 0 saturated heterocycles. The fourth-order valence-corrected chi connectivity index (χ4v) is 3.36. The predicted molar refractivity (Wildman–Crippen MR) is 113 cm³/mol. The first-order valence-corrected chi connectivity index (χ1v) is 9.58. The van der Waals surface area contributed by atoms with E-state index in [2.05, 4.69) is 5.32 Å². The Labute approximate surface area is 174 Å². The molecule has 0 bridgehead atoms. The van der Waals surface area contributed by atoms with Crippen molar-refractivity contribution in [2.24, 2.45) is 0 Å². The maximum atomic E-state index is 12.5. The Kier molecular flexibility index (Phi) is 6.09. The number of halogens is 1. The Bertz CT molecular complexity index is 1050. The number of hydrogen-bond donors (Lipinski definition) is 1. The number of benzene rings is 2. The van der Waals surface area contributed by atoms with Gasteiger partial charge < -0.3 is 14.5 Å². The van der Waals surface area contributed by atoms with Crippen molar-refractivity contribution in [3.8, 4) is 11.3 Å². The van der Waals surface area contributed by atoms with Crippen LogP contribution in [0.1, 0.15) is 34.2 Å². The Balaban J connectivity index is 1.68. The number of furan rings is 1. The van der Waals surface area contributed by atoms with Crippen molar-refractivity contribution in [1.82, 2.24) is 0 Å². The number of nitrogens with one attached hydrogen (secondary N) is 1. The lowest BCUT2D eigenvalue weighted by atomic mass is 10.0. The van der Waals surface area contributed by atoms with Crippen LogP contribution in [-0.4, -0.2) is 18.0 Å². The molecule has 0 saturated carbocycles. The van der Waals surface area contributed by atoms with E-state index in [4.69, 9.17) is 20.8 Å². The van der Waals surface area contributed by atoms with E-state index in [-0.39, 0.29) is 5.76 Å². The van der Waals surface area contributed by atoms with Crippen LogP contribution in [0.4, 0.5) is 5.69 Å². The predicted octanol–water partition coefficient (Wildman–Crippen LogP) is 5.71. The maximum Gasteiger partial charge on any atom is 0.375 e. The van der Waals surface area contributed by atoms with Gasteiger partial charge in [-0.05, 0) is 63.1 Å². The highest BCUT2D eigenvalue weighted by molar-refractivity contribution is 6.33. The number of amides is 1. The summed E-state index contributed by atoms with van der Waals surface area (Å²) in [6, 6.07) is 14.3. The SMILES string of the molecule is Cc1cc(C)c(NC(=O)C(C)OC(=O)c2ccc(-c3ccccc3Cl)o2)c(C)c1.